The lowest BCUT2D eigenvalue weighted by molar-refractivity contribution is 0.0762. The van der Waals surface area contributed by atoms with Crippen LogP contribution in [0.25, 0.3) is 0 Å². The van der Waals surface area contributed by atoms with Crippen LogP contribution in [0.5, 0.6) is 11.5 Å². The number of carbonyl (C=O) groups is 1. The number of likely N-dealkylation sites (N-methyl/N-ethyl adjacent to an activating group) is 1. The average molecular weight is 389 g/mol. The average Bonchev–Trinajstić information content (AvgIpc) is 2.91. The van der Waals surface area contributed by atoms with Gasteiger partial charge in [-0.3, -0.25) is 4.79 Å². The second-order valence-electron chi connectivity index (χ2n) is 6.73. The lowest BCUT2D eigenvalue weighted by atomic mass is 10.1. The maximum absolute atomic E-state index is 12.8. The molecule has 0 bridgehead atoms. The Bertz CT molecular complexity index is 779. The fourth-order valence-corrected chi connectivity index (χ4v) is 3.22. The molecule has 0 spiro atoms. The Morgan fingerprint density at radius 3 is 2.56 bits per heavy atom. The van der Waals surface area contributed by atoms with E-state index in [4.69, 9.17) is 21.1 Å². The summed E-state index contributed by atoms with van der Waals surface area (Å²) in [6.45, 7) is 3.84. The van der Waals surface area contributed by atoms with Crippen LogP contribution in [0.1, 0.15) is 22.3 Å². The molecule has 144 valence electrons. The van der Waals surface area contributed by atoms with Gasteiger partial charge in [-0.2, -0.15) is 0 Å². The number of amides is 1. The maximum atomic E-state index is 12.8. The Morgan fingerprint density at radius 1 is 1.04 bits per heavy atom. The lowest BCUT2D eigenvalue weighted by Gasteiger charge is -2.21. The molecule has 0 unspecified atom stereocenters. The molecular formula is C21H25ClN2O3. The molecule has 6 heteroatoms. The Labute approximate surface area is 165 Å². The predicted molar refractivity (Wildman–Crippen MR) is 107 cm³/mol. The van der Waals surface area contributed by atoms with E-state index >= 15 is 0 Å². The zero-order chi connectivity index (χ0) is 19.2. The molecular weight excluding hydrogens is 364 g/mol. The zero-order valence-corrected chi connectivity index (χ0v) is 16.5. The first-order valence-electron chi connectivity index (χ1n) is 9.10. The van der Waals surface area contributed by atoms with E-state index < -0.39 is 0 Å². The van der Waals surface area contributed by atoms with E-state index in [-0.39, 0.29) is 5.91 Å². The summed E-state index contributed by atoms with van der Waals surface area (Å²) in [6.07, 6.45) is 0.988. The Hall–Kier alpha value is -2.24. The molecule has 2 aromatic rings. The van der Waals surface area contributed by atoms with Gasteiger partial charge in [0.05, 0.1) is 7.11 Å². The standard InChI is InChI=1S/C21H25ClN2O3/c1-23-10-3-11-24(13-12-23)21(25)17-6-9-19(20(14-17)26-2)27-15-16-4-7-18(22)8-5-16/h4-9,14H,3,10-13,15H2,1-2H3. The number of benzene rings is 2. The van der Waals surface area contributed by atoms with Crippen LogP contribution in [0.3, 0.4) is 0 Å². The summed E-state index contributed by atoms with van der Waals surface area (Å²) in [5.74, 6) is 1.20. The Balaban J connectivity index is 1.69. The summed E-state index contributed by atoms with van der Waals surface area (Å²) < 4.78 is 11.3. The molecule has 5 nitrogen and oxygen atoms in total. The third-order valence-corrected chi connectivity index (χ3v) is 4.98. The second-order valence-corrected chi connectivity index (χ2v) is 7.17. The topological polar surface area (TPSA) is 42.0 Å². The first kappa shape index (κ1) is 19.5. The van der Waals surface area contributed by atoms with Crippen molar-refractivity contribution < 1.29 is 14.3 Å². The van der Waals surface area contributed by atoms with Crippen LogP contribution < -0.4 is 9.47 Å². The molecule has 0 aromatic heterocycles. The van der Waals surface area contributed by atoms with Gasteiger partial charge in [0, 0.05) is 30.2 Å². The van der Waals surface area contributed by atoms with Crippen molar-refractivity contribution in [1.29, 1.82) is 0 Å². The lowest BCUT2D eigenvalue weighted by Crippen LogP contribution is -2.34. The summed E-state index contributed by atoms with van der Waals surface area (Å²) in [5.41, 5.74) is 1.63. The minimum Gasteiger partial charge on any atom is -0.493 e. The maximum Gasteiger partial charge on any atom is 0.254 e. The van der Waals surface area contributed by atoms with E-state index in [1.165, 1.54) is 0 Å². The number of ether oxygens (including phenoxy) is 2. The van der Waals surface area contributed by atoms with Crippen molar-refractivity contribution in [3.05, 3.63) is 58.6 Å². The normalized spacial score (nSPS) is 15.3. The molecule has 27 heavy (non-hydrogen) atoms. The van der Waals surface area contributed by atoms with Gasteiger partial charge in [0.25, 0.3) is 5.91 Å². The Morgan fingerprint density at radius 2 is 1.81 bits per heavy atom. The number of nitrogens with zero attached hydrogens (tertiary/aromatic N) is 2. The number of hydrogen-bond donors (Lipinski definition) is 0. The first-order valence-corrected chi connectivity index (χ1v) is 9.47. The quantitative estimate of drug-likeness (QED) is 0.783. The third kappa shape index (κ3) is 5.15. The predicted octanol–water partition coefficient (Wildman–Crippen LogP) is 3.71. The van der Waals surface area contributed by atoms with Crippen LogP contribution in [-0.4, -0.2) is 56.0 Å². The molecule has 1 fully saturated rings. The smallest absolute Gasteiger partial charge is 0.254 e. The largest absolute Gasteiger partial charge is 0.493 e. The molecule has 1 aliphatic heterocycles. The van der Waals surface area contributed by atoms with Gasteiger partial charge in [-0.1, -0.05) is 23.7 Å². The van der Waals surface area contributed by atoms with Gasteiger partial charge in [-0.15, -0.1) is 0 Å². The highest BCUT2D eigenvalue weighted by Gasteiger charge is 2.20. The van der Waals surface area contributed by atoms with Crippen LogP contribution in [-0.2, 0) is 6.61 Å². The number of halogens is 1. The first-order chi connectivity index (χ1) is 13.1. The molecule has 1 amide bonds. The monoisotopic (exact) mass is 388 g/mol. The van der Waals surface area contributed by atoms with Crippen LogP contribution in [0.4, 0.5) is 0 Å². The van der Waals surface area contributed by atoms with Gasteiger partial charge < -0.3 is 19.3 Å². The third-order valence-electron chi connectivity index (χ3n) is 4.72. The van der Waals surface area contributed by atoms with E-state index in [2.05, 4.69) is 11.9 Å². The number of rotatable bonds is 5. The van der Waals surface area contributed by atoms with E-state index in [1.807, 2.05) is 29.2 Å². The number of methoxy groups -OCH3 is 1. The molecule has 1 heterocycles. The minimum absolute atomic E-state index is 0.0350. The zero-order valence-electron chi connectivity index (χ0n) is 15.8. The summed E-state index contributed by atoms with van der Waals surface area (Å²) in [5, 5.41) is 0.693. The summed E-state index contributed by atoms with van der Waals surface area (Å²) in [7, 11) is 3.67. The van der Waals surface area contributed by atoms with Gasteiger partial charge >= 0.3 is 0 Å². The van der Waals surface area contributed by atoms with E-state index in [0.717, 1.165) is 38.2 Å². The minimum atomic E-state index is 0.0350. The van der Waals surface area contributed by atoms with Gasteiger partial charge in [0.2, 0.25) is 0 Å². The summed E-state index contributed by atoms with van der Waals surface area (Å²) in [4.78, 5) is 17.0. The van der Waals surface area contributed by atoms with Crippen LogP contribution in [0.2, 0.25) is 5.02 Å². The molecule has 0 radical (unpaired) electrons. The van der Waals surface area contributed by atoms with E-state index in [9.17, 15) is 4.79 Å². The van der Waals surface area contributed by atoms with Crippen LogP contribution in [0, 0.1) is 0 Å². The van der Waals surface area contributed by atoms with Crippen molar-refractivity contribution in [1.82, 2.24) is 9.80 Å². The highest BCUT2D eigenvalue weighted by molar-refractivity contribution is 6.30. The molecule has 3 rings (SSSR count). The summed E-state index contributed by atoms with van der Waals surface area (Å²) in [6, 6.07) is 12.9. The van der Waals surface area contributed by atoms with Gasteiger partial charge in [-0.25, -0.2) is 0 Å². The molecule has 0 saturated carbocycles. The fraction of sp³-hybridized carbons (Fsp3) is 0.381. The van der Waals surface area contributed by atoms with E-state index in [0.29, 0.717) is 28.7 Å². The molecule has 0 aliphatic carbocycles. The molecule has 2 aromatic carbocycles. The number of hydrogen-bond acceptors (Lipinski definition) is 4. The Kier molecular flexibility index (Phi) is 6.58. The van der Waals surface area contributed by atoms with Crippen molar-refractivity contribution in [3.8, 4) is 11.5 Å². The van der Waals surface area contributed by atoms with Crippen molar-refractivity contribution in [2.75, 3.05) is 40.3 Å². The van der Waals surface area contributed by atoms with Crippen LogP contribution in [0.15, 0.2) is 42.5 Å². The van der Waals surface area contributed by atoms with Gasteiger partial charge in [-0.05, 0) is 55.9 Å². The summed E-state index contributed by atoms with van der Waals surface area (Å²) >= 11 is 5.91. The highest BCUT2D eigenvalue weighted by Crippen LogP contribution is 2.29. The molecule has 1 saturated heterocycles. The molecule has 1 aliphatic rings. The van der Waals surface area contributed by atoms with Crippen molar-refractivity contribution in [2.45, 2.75) is 13.0 Å². The fourth-order valence-electron chi connectivity index (χ4n) is 3.09. The van der Waals surface area contributed by atoms with E-state index in [1.54, 1.807) is 25.3 Å². The van der Waals surface area contributed by atoms with Crippen molar-refractivity contribution >= 4 is 17.5 Å². The number of carbonyl (C=O) groups excluding carboxylic acids is 1. The molecule has 0 atom stereocenters. The second kappa shape index (κ2) is 9.11. The van der Waals surface area contributed by atoms with Gasteiger partial charge in [0.1, 0.15) is 6.61 Å². The highest BCUT2D eigenvalue weighted by atomic mass is 35.5. The van der Waals surface area contributed by atoms with Crippen molar-refractivity contribution in [3.63, 3.8) is 0 Å². The van der Waals surface area contributed by atoms with Gasteiger partial charge in [0.15, 0.2) is 11.5 Å². The SMILES string of the molecule is COc1cc(C(=O)N2CCCN(C)CC2)ccc1OCc1ccc(Cl)cc1. The van der Waals surface area contributed by atoms with Crippen LogP contribution >= 0.6 is 11.6 Å². The van der Waals surface area contributed by atoms with Crippen molar-refractivity contribution in [2.24, 2.45) is 0 Å². The molecule has 0 N–H and O–H groups in total.